The second kappa shape index (κ2) is 13.4. The summed E-state index contributed by atoms with van der Waals surface area (Å²) < 4.78 is 18.9. The van der Waals surface area contributed by atoms with Gasteiger partial charge in [-0.3, -0.25) is 9.59 Å². The molecular weight excluding hydrogens is 539 g/mol. The number of amides is 4. The van der Waals surface area contributed by atoms with Crippen molar-refractivity contribution in [3.8, 4) is 0 Å². The highest BCUT2D eigenvalue weighted by Gasteiger charge is 2.40. The van der Waals surface area contributed by atoms with Crippen LogP contribution in [0.25, 0.3) is 0 Å². The van der Waals surface area contributed by atoms with Crippen LogP contribution in [0.5, 0.6) is 0 Å². The summed E-state index contributed by atoms with van der Waals surface area (Å²) in [4.78, 5) is 55.1. The lowest BCUT2D eigenvalue weighted by Crippen LogP contribution is -2.59. The molecule has 9 nitrogen and oxygen atoms in total. The number of carbonyl (C=O) groups is 4. The van der Waals surface area contributed by atoms with E-state index in [2.05, 4.69) is 10.6 Å². The number of piperidine rings is 2. The molecular formula is C32H41FN4O5. The summed E-state index contributed by atoms with van der Waals surface area (Å²) in [6.45, 7) is 8.49. The minimum atomic E-state index is -0.681. The number of anilines is 1. The lowest BCUT2D eigenvalue weighted by atomic mass is 9.87. The number of Topliss-reactive ketones (excluding diaryl/α,β-unsaturated/α-hetero) is 1. The van der Waals surface area contributed by atoms with E-state index in [0.717, 1.165) is 24.8 Å². The Hall–Kier alpha value is -3.95. The summed E-state index contributed by atoms with van der Waals surface area (Å²) in [5.41, 5.74) is 1.27. The van der Waals surface area contributed by atoms with E-state index in [4.69, 9.17) is 4.74 Å². The fourth-order valence-corrected chi connectivity index (χ4v) is 5.66. The van der Waals surface area contributed by atoms with Gasteiger partial charge < -0.3 is 25.2 Å². The summed E-state index contributed by atoms with van der Waals surface area (Å²) in [7, 11) is 0. The van der Waals surface area contributed by atoms with Gasteiger partial charge in [0.05, 0.1) is 12.0 Å². The van der Waals surface area contributed by atoms with Gasteiger partial charge in [-0.1, -0.05) is 24.3 Å². The molecule has 1 unspecified atom stereocenters. The van der Waals surface area contributed by atoms with Gasteiger partial charge in [0.2, 0.25) is 5.91 Å². The van der Waals surface area contributed by atoms with Gasteiger partial charge in [0.15, 0.2) is 5.78 Å². The van der Waals surface area contributed by atoms with E-state index in [1.54, 1.807) is 57.2 Å². The third-order valence-electron chi connectivity index (χ3n) is 7.69. The normalized spacial score (nSPS) is 20.9. The Bertz CT molecular complexity index is 1290. The van der Waals surface area contributed by atoms with E-state index in [1.165, 1.54) is 24.0 Å². The van der Waals surface area contributed by atoms with Crippen molar-refractivity contribution in [3.63, 3.8) is 0 Å². The number of urea groups is 1. The fraction of sp³-hybridized carbons (Fsp3) is 0.500. The average Bonchev–Trinajstić information content (AvgIpc) is 2.93. The largest absolute Gasteiger partial charge is 0.444 e. The number of hydrogen-bond donors (Lipinski definition) is 2. The number of ether oxygens (including phenoxy) is 1. The summed E-state index contributed by atoms with van der Waals surface area (Å²) >= 11 is 0. The highest BCUT2D eigenvalue weighted by atomic mass is 19.1. The van der Waals surface area contributed by atoms with Crippen LogP contribution in [0.4, 0.5) is 19.7 Å². The maximum absolute atomic E-state index is 13.9. The average molecular weight is 581 g/mol. The van der Waals surface area contributed by atoms with Crippen LogP contribution in [0.3, 0.4) is 0 Å². The van der Waals surface area contributed by atoms with Gasteiger partial charge in [0.25, 0.3) is 0 Å². The monoisotopic (exact) mass is 580 g/mol. The van der Waals surface area contributed by atoms with Gasteiger partial charge in [-0.25, -0.2) is 14.0 Å². The highest BCUT2D eigenvalue weighted by molar-refractivity contribution is 5.97. The number of rotatable bonds is 6. The maximum Gasteiger partial charge on any atom is 0.410 e. The van der Waals surface area contributed by atoms with Crippen LogP contribution in [0.2, 0.25) is 0 Å². The van der Waals surface area contributed by atoms with E-state index in [0.29, 0.717) is 37.3 Å². The molecule has 2 N–H and O–H groups in total. The molecule has 2 heterocycles. The van der Waals surface area contributed by atoms with Gasteiger partial charge in [-0.05, 0) is 89.1 Å². The minimum Gasteiger partial charge on any atom is -0.444 e. The van der Waals surface area contributed by atoms with Crippen LogP contribution in [-0.4, -0.2) is 71.4 Å². The predicted molar refractivity (Wildman–Crippen MR) is 158 cm³/mol. The number of carbonyl (C=O) groups excluding carboxylic acids is 4. The molecule has 2 aliphatic rings. The first-order valence-electron chi connectivity index (χ1n) is 14.6. The molecule has 0 saturated carbocycles. The van der Waals surface area contributed by atoms with Crippen LogP contribution in [0.15, 0.2) is 48.5 Å². The minimum absolute atomic E-state index is 0.0495. The standard InChI is InChI=1S/C32H41FN4O5/c1-21(38)24-8-5-9-26(18-24)34-30(40)35-28-20-37(31(41)42-32(2,3)4)16-14-27(28)29(39)36-15-6-7-23(19-36)17-22-10-12-25(33)13-11-22/h5,8-13,18,23,27-28H,6-7,14-17,19-20H2,1-4H3,(H2,34,35,40)/t23-,27?,28+/m0/s1. The Labute approximate surface area is 246 Å². The number of nitrogens with one attached hydrogen (secondary N) is 2. The van der Waals surface area contributed by atoms with Gasteiger partial charge in [-0.15, -0.1) is 0 Å². The van der Waals surface area contributed by atoms with Gasteiger partial charge in [0, 0.05) is 37.4 Å². The number of ketones is 1. The molecule has 42 heavy (non-hydrogen) atoms. The molecule has 2 aliphatic heterocycles. The van der Waals surface area contributed by atoms with Gasteiger partial charge in [-0.2, -0.15) is 0 Å². The lowest BCUT2D eigenvalue weighted by molar-refractivity contribution is -0.139. The molecule has 0 aromatic heterocycles. The molecule has 2 fully saturated rings. The Kier molecular flexibility index (Phi) is 9.85. The first-order valence-corrected chi connectivity index (χ1v) is 14.6. The van der Waals surface area contributed by atoms with Crippen LogP contribution < -0.4 is 10.6 Å². The maximum atomic E-state index is 13.9. The zero-order valence-corrected chi connectivity index (χ0v) is 24.8. The summed E-state index contributed by atoms with van der Waals surface area (Å²) in [5, 5.41) is 5.68. The number of likely N-dealkylation sites (tertiary alicyclic amines) is 2. The Morgan fingerprint density at radius 1 is 0.976 bits per heavy atom. The molecule has 4 rings (SSSR count). The summed E-state index contributed by atoms with van der Waals surface area (Å²) in [5.74, 6) is -0.720. The molecule has 0 spiro atoms. The molecule has 4 amide bonds. The SMILES string of the molecule is CC(=O)c1cccc(NC(=O)N[C@@H]2CN(C(=O)OC(C)(C)C)CCC2C(=O)N2CCC[C@@H](Cc3ccc(F)cc3)C2)c1. The summed E-state index contributed by atoms with van der Waals surface area (Å²) in [6, 6.07) is 11.9. The van der Waals surface area contributed by atoms with Crippen molar-refractivity contribution in [1.29, 1.82) is 0 Å². The Morgan fingerprint density at radius 2 is 1.71 bits per heavy atom. The van der Waals surface area contributed by atoms with Gasteiger partial charge in [0.1, 0.15) is 11.4 Å². The molecule has 0 bridgehead atoms. The highest BCUT2D eigenvalue weighted by Crippen LogP contribution is 2.27. The van der Waals surface area contributed by atoms with E-state index in [9.17, 15) is 23.6 Å². The molecule has 0 aliphatic carbocycles. The smallest absolute Gasteiger partial charge is 0.410 e. The van der Waals surface area contributed by atoms with Crippen LogP contribution in [0, 0.1) is 17.7 Å². The lowest BCUT2D eigenvalue weighted by Gasteiger charge is -2.42. The van der Waals surface area contributed by atoms with Crippen molar-refractivity contribution in [3.05, 3.63) is 65.5 Å². The molecule has 2 aromatic rings. The van der Waals surface area contributed by atoms with Crippen molar-refractivity contribution >= 4 is 29.5 Å². The van der Waals surface area contributed by atoms with Crippen molar-refractivity contribution in [2.45, 2.75) is 65.0 Å². The number of halogens is 1. The second-order valence-corrected chi connectivity index (χ2v) is 12.3. The number of nitrogens with zero attached hydrogens (tertiary/aromatic N) is 2. The fourth-order valence-electron chi connectivity index (χ4n) is 5.66. The molecule has 2 aromatic carbocycles. The van der Waals surface area contributed by atoms with Crippen LogP contribution >= 0.6 is 0 Å². The first kappa shape index (κ1) is 31.0. The van der Waals surface area contributed by atoms with Gasteiger partial charge >= 0.3 is 12.1 Å². The van der Waals surface area contributed by atoms with Crippen LogP contribution in [-0.2, 0) is 16.0 Å². The molecule has 2 saturated heterocycles. The number of hydrogen-bond acceptors (Lipinski definition) is 5. The Balaban J connectivity index is 1.46. The van der Waals surface area contributed by atoms with Crippen molar-refractivity contribution in [2.24, 2.45) is 11.8 Å². The van der Waals surface area contributed by atoms with Crippen molar-refractivity contribution in [1.82, 2.24) is 15.1 Å². The first-order chi connectivity index (χ1) is 19.9. The van der Waals surface area contributed by atoms with Crippen molar-refractivity contribution in [2.75, 3.05) is 31.5 Å². The van der Waals surface area contributed by atoms with E-state index >= 15 is 0 Å². The quantitative estimate of drug-likeness (QED) is 0.454. The third-order valence-corrected chi connectivity index (χ3v) is 7.69. The van der Waals surface area contributed by atoms with E-state index in [1.807, 2.05) is 4.90 Å². The zero-order valence-electron chi connectivity index (χ0n) is 24.8. The topological polar surface area (TPSA) is 108 Å². The van der Waals surface area contributed by atoms with E-state index < -0.39 is 29.7 Å². The van der Waals surface area contributed by atoms with Crippen molar-refractivity contribution < 1.29 is 28.3 Å². The molecule has 0 radical (unpaired) electrons. The second-order valence-electron chi connectivity index (χ2n) is 12.3. The number of benzene rings is 2. The predicted octanol–water partition coefficient (Wildman–Crippen LogP) is 5.26. The molecule has 10 heteroatoms. The summed E-state index contributed by atoms with van der Waals surface area (Å²) in [6.07, 6.45) is 2.47. The molecule has 3 atom stereocenters. The molecule has 226 valence electrons. The van der Waals surface area contributed by atoms with Crippen LogP contribution in [0.1, 0.15) is 62.9 Å². The Morgan fingerprint density at radius 3 is 2.40 bits per heavy atom. The van der Waals surface area contributed by atoms with E-state index in [-0.39, 0.29) is 30.0 Å². The third kappa shape index (κ3) is 8.53. The zero-order chi connectivity index (χ0) is 30.4.